The molecule has 20 heavy (non-hydrogen) atoms. The zero-order valence-corrected chi connectivity index (χ0v) is 12.2. The van der Waals surface area contributed by atoms with Crippen LogP contribution in [0, 0.1) is 0 Å². The Morgan fingerprint density at radius 3 is 2.25 bits per heavy atom. The van der Waals surface area contributed by atoms with Crippen molar-refractivity contribution in [3.05, 3.63) is 23.5 Å². The molecule has 0 radical (unpaired) electrons. The fourth-order valence-corrected chi connectivity index (χ4v) is 1.65. The van der Waals surface area contributed by atoms with E-state index in [0.717, 1.165) is 12.8 Å². The molecule has 0 spiro atoms. The van der Waals surface area contributed by atoms with Gasteiger partial charge in [-0.3, -0.25) is 9.59 Å². The third-order valence-corrected chi connectivity index (χ3v) is 2.95. The van der Waals surface area contributed by atoms with Gasteiger partial charge in [-0.15, -0.1) is 0 Å². The molecule has 1 aromatic heterocycles. The molecule has 108 valence electrons. The Morgan fingerprint density at radius 2 is 1.75 bits per heavy atom. The van der Waals surface area contributed by atoms with Gasteiger partial charge in [-0.25, -0.2) is 4.98 Å². The average Bonchev–Trinajstić information content (AvgIpc) is 3.20. The fraction of sp³-hybridized carbons (Fsp3) is 0.500. The Hall–Kier alpha value is -2.11. The maximum Gasteiger partial charge on any atom is 0.272 e. The van der Waals surface area contributed by atoms with Crippen LogP contribution in [0.25, 0.3) is 0 Å². The van der Waals surface area contributed by atoms with E-state index >= 15 is 0 Å². The van der Waals surface area contributed by atoms with Gasteiger partial charge in [0.25, 0.3) is 11.8 Å². The van der Waals surface area contributed by atoms with Gasteiger partial charge in [-0.05, 0) is 12.8 Å². The van der Waals surface area contributed by atoms with Crippen molar-refractivity contribution in [2.24, 2.45) is 0 Å². The van der Waals surface area contributed by atoms with Gasteiger partial charge in [0.05, 0.1) is 11.7 Å². The second kappa shape index (κ2) is 5.48. The standard InChI is InChI=1S/C14H19N3O3/c1-16(2)13(18)10-8-15-11(14(19)17(3)4)7-12(10)20-9-5-6-9/h7-9H,5-6H2,1-4H3. The first kappa shape index (κ1) is 14.3. The van der Waals surface area contributed by atoms with E-state index in [2.05, 4.69) is 4.98 Å². The first-order chi connectivity index (χ1) is 9.40. The van der Waals surface area contributed by atoms with Crippen molar-refractivity contribution >= 4 is 11.8 Å². The molecule has 2 rings (SSSR count). The normalized spacial score (nSPS) is 13.8. The van der Waals surface area contributed by atoms with Gasteiger partial charge < -0.3 is 14.5 Å². The molecule has 0 atom stereocenters. The lowest BCUT2D eigenvalue weighted by Crippen LogP contribution is -2.25. The number of carbonyl (C=O) groups is 2. The highest BCUT2D eigenvalue weighted by Gasteiger charge is 2.27. The summed E-state index contributed by atoms with van der Waals surface area (Å²) in [7, 11) is 6.65. The molecule has 1 aliphatic carbocycles. The van der Waals surface area contributed by atoms with E-state index in [4.69, 9.17) is 4.74 Å². The Balaban J connectivity index is 2.36. The molecular weight excluding hydrogens is 258 g/mol. The molecule has 1 fully saturated rings. The predicted molar refractivity (Wildman–Crippen MR) is 73.9 cm³/mol. The lowest BCUT2D eigenvalue weighted by atomic mass is 10.2. The topological polar surface area (TPSA) is 62.7 Å². The molecule has 1 heterocycles. The van der Waals surface area contributed by atoms with Gasteiger partial charge >= 0.3 is 0 Å². The van der Waals surface area contributed by atoms with Crippen LogP contribution < -0.4 is 4.74 Å². The van der Waals surface area contributed by atoms with E-state index in [1.807, 2.05) is 0 Å². The van der Waals surface area contributed by atoms with Crippen molar-refractivity contribution in [2.45, 2.75) is 18.9 Å². The molecule has 0 unspecified atom stereocenters. The SMILES string of the molecule is CN(C)C(=O)c1cc(OC2CC2)c(C(=O)N(C)C)cn1. The minimum absolute atomic E-state index is 0.147. The number of aromatic nitrogens is 1. The summed E-state index contributed by atoms with van der Waals surface area (Å²) in [5, 5.41) is 0. The monoisotopic (exact) mass is 277 g/mol. The number of nitrogens with zero attached hydrogens (tertiary/aromatic N) is 3. The molecule has 0 aromatic carbocycles. The van der Waals surface area contributed by atoms with E-state index in [1.165, 1.54) is 16.0 Å². The summed E-state index contributed by atoms with van der Waals surface area (Å²) < 4.78 is 5.74. The van der Waals surface area contributed by atoms with Crippen LogP contribution in [0.5, 0.6) is 5.75 Å². The lowest BCUT2D eigenvalue weighted by Gasteiger charge is -2.16. The molecule has 0 aliphatic heterocycles. The minimum Gasteiger partial charge on any atom is -0.489 e. The highest BCUT2D eigenvalue weighted by molar-refractivity contribution is 5.98. The van der Waals surface area contributed by atoms with Crippen LogP contribution in [0.4, 0.5) is 0 Å². The van der Waals surface area contributed by atoms with Crippen molar-refractivity contribution in [2.75, 3.05) is 28.2 Å². The minimum atomic E-state index is -0.213. The van der Waals surface area contributed by atoms with Crippen LogP contribution in [0.3, 0.4) is 0 Å². The van der Waals surface area contributed by atoms with Crippen molar-refractivity contribution in [3.8, 4) is 5.75 Å². The van der Waals surface area contributed by atoms with Gasteiger partial charge in [-0.2, -0.15) is 0 Å². The maximum absolute atomic E-state index is 12.1. The van der Waals surface area contributed by atoms with Crippen LogP contribution in [-0.4, -0.2) is 60.9 Å². The van der Waals surface area contributed by atoms with Crippen LogP contribution in [0.2, 0.25) is 0 Å². The van der Waals surface area contributed by atoms with Crippen LogP contribution in [0.1, 0.15) is 33.7 Å². The van der Waals surface area contributed by atoms with E-state index in [0.29, 0.717) is 11.3 Å². The van der Waals surface area contributed by atoms with E-state index < -0.39 is 0 Å². The fourth-order valence-electron chi connectivity index (χ4n) is 1.65. The summed E-state index contributed by atoms with van der Waals surface area (Å²) in [6.07, 6.45) is 3.52. The third kappa shape index (κ3) is 3.07. The molecule has 0 saturated heterocycles. The highest BCUT2D eigenvalue weighted by atomic mass is 16.5. The molecule has 6 nitrogen and oxygen atoms in total. The van der Waals surface area contributed by atoms with Crippen molar-refractivity contribution < 1.29 is 14.3 Å². The molecule has 1 aliphatic rings. The number of ether oxygens (including phenoxy) is 1. The van der Waals surface area contributed by atoms with Gasteiger partial charge in [0.2, 0.25) is 0 Å². The van der Waals surface area contributed by atoms with Crippen molar-refractivity contribution in [1.29, 1.82) is 0 Å². The lowest BCUT2D eigenvalue weighted by molar-refractivity contribution is 0.0807. The summed E-state index contributed by atoms with van der Waals surface area (Å²) in [5.41, 5.74) is 0.665. The number of rotatable bonds is 4. The zero-order valence-electron chi connectivity index (χ0n) is 12.2. The summed E-state index contributed by atoms with van der Waals surface area (Å²) >= 11 is 0. The quantitative estimate of drug-likeness (QED) is 0.824. The number of pyridine rings is 1. The van der Waals surface area contributed by atoms with Gasteiger partial charge in [-0.1, -0.05) is 0 Å². The highest BCUT2D eigenvalue weighted by Crippen LogP contribution is 2.30. The smallest absolute Gasteiger partial charge is 0.272 e. The second-order valence-corrected chi connectivity index (χ2v) is 5.28. The zero-order chi connectivity index (χ0) is 14.9. The van der Waals surface area contributed by atoms with Crippen LogP contribution >= 0.6 is 0 Å². The average molecular weight is 277 g/mol. The first-order valence-corrected chi connectivity index (χ1v) is 6.50. The van der Waals surface area contributed by atoms with E-state index in [-0.39, 0.29) is 23.6 Å². The molecular formula is C14H19N3O3. The van der Waals surface area contributed by atoms with Crippen molar-refractivity contribution in [1.82, 2.24) is 14.8 Å². The Kier molecular flexibility index (Phi) is 3.92. The second-order valence-electron chi connectivity index (χ2n) is 5.28. The van der Waals surface area contributed by atoms with Gasteiger partial charge in [0, 0.05) is 40.5 Å². The molecule has 0 N–H and O–H groups in total. The number of amides is 2. The predicted octanol–water partition coefficient (Wildman–Crippen LogP) is 1.03. The van der Waals surface area contributed by atoms with Crippen LogP contribution in [-0.2, 0) is 0 Å². The number of hydrogen-bond donors (Lipinski definition) is 0. The Morgan fingerprint density at radius 1 is 1.15 bits per heavy atom. The molecule has 2 amide bonds. The first-order valence-electron chi connectivity index (χ1n) is 6.50. The number of hydrogen-bond acceptors (Lipinski definition) is 4. The van der Waals surface area contributed by atoms with Gasteiger partial charge in [0.15, 0.2) is 0 Å². The summed E-state index contributed by atoms with van der Waals surface area (Å²) in [4.78, 5) is 31.0. The van der Waals surface area contributed by atoms with Gasteiger partial charge in [0.1, 0.15) is 11.4 Å². The summed E-state index contributed by atoms with van der Waals surface area (Å²) in [5.74, 6) is 0.0397. The Labute approximate surface area is 118 Å². The Bertz CT molecular complexity index is 536. The molecule has 1 saturated carbocycles. The third-order valence-electron chi connectivity index (χ3n) is 2.95. The van der Waals surface area contributed by atoms with E-state index in [1.54, 1.807) is 34.3 Å². The molecule has 0 bridgehead atoms. The molecule has 1 aromatic rings. The van der Waals surface area contributed by atoms with Crippen molar-refractivity contribution in [3.63, 3.8) is 0 Å². The summed E-state index contributed by atoms with van der Waals surface area (Å²) in [6, 6.07) is 1.55. The number of carbonyl (C=O) groups excluding carboxylic acids is 2. The van der Waals surface area contributed by atoms with Crippen LogP contribution in [0.15, 0.2) is 12.3 Å². The maximum atomic E-state index is 12.1. The molecule has 6 heteroatoms. The largest absolute Gasteiger partial charge is 0.489 e. The van der Waals surface area contributed by atoms with E-state index in [9.17, 15) is 9.59 Å². The summed E-state index contributed by atoms with van der Waals surface area (Å²) in [6.45, 7) is 0.